The van der Waals surface area contributed by atoms with Gasteiger partial charge in [-0.3, -0.25) is 23.9 Å². The number of nitrogens with one attached hydrogen (secondary N) is 1. The van der Waals surface area contributed by atoms with Crippen LogP contribution in [0.4, 0.5) is 11.8 Å². The molecule has 10 nitrogen and oxygen atoms in total. The lowest BCUT2D eigenvalue weighted by atomic mass is 9.75. The molecular formula is C29H35N7O3. The molecule has 6 rings (SSSR count). The van der Waals surface area contributed by atoms with E-state index in [1.54, 1.807) is 23.8 Å². The van der Waals surface area contributed by atoms with Crippen LogP contribution in [0.2, 0.25) is 0 Å². The molecule has 1 N–H and O–H groups in total. The quantitative estimate of drug-likeness (QED) is 0.482. The zero-order chi connectivity index (χ0) is 27.1. The van der Waals surface area contributed by atoms with Gasteiger partial charge in [-0.1, -0.05) is 18.9 Å². The molecule has 0 radical (unpaired) electrons. The van der Waals surface area contributed by atoms with E-state index in [1.165, 1.54) is 12.5 Å². The molecule has 10 heteroatoms. The highest BCUT2D eigenvalue weighted by Crippen LogP contribution is 2.40. The van der Waals surface area contributed by atoms with Crippen LogP contribution in [0.5, 0.6) is 0 Å². The molecule has 1 amide bonds. The Balaban J connectivity index is 1.14. The van der Waals surface area contributed by atoms with Gasteiger partial charge in [-0.05, 0) is 56.2 Å². The topological polar surface area (TPSA) is 113 Å². The first-order valence-corrected chi connectivity index (χ1v) is 14.0. The molecule has 1 aliphatic heterocycles. The summed E-state index contributed by atoms with van der Waals surface area (Å²) in [7, 11) is 0. The van der Waals surface area contributed by atoms with Gasteiger partial charge in [0.15, 0.2) is 5.78 Å². The number of carbonyl (C=O) groups excluding carboxylic acids is 2. The Kier molecular flexibility index (Phi) is 6.88. The number of Topliss-reactive ketones (excluding diaryl/α,β-unsaturated/α-hetero) is 1. The Morgan fingerprint density at radius 2 is 1.69 bits per heavy atom. The van der Waals surface area contributed by atoms with Crippen LogP contribution in [-0.4, -0.2) is 73.2 Å². The summed E-state index contributed by atoms with van der Waals surface area (Å²) >= 11 is 0. The number of nitrogens with zero attached hydrogens (tertiary/aromatic N) is 6. The van der Waals surface area contributed by atoms with Crippen LogP contribution >= 0.6 is 0 Å². The monoisotopic (exact) mass is 529 g/mol. The summed E-state index contributed by atoms with van der Waals surface area (Å²) < 4.78 is 1.70. The minimum absolute atomic E-state index is 0.0452. The fraction of sp³-hybridized carbons (Fsp3) is 0.517. The van der Waals surface area contributed by atoms with Gasteiger partial charge in [-0.2, -0.15) is 4.98 Å². The van der Waals surface area contributed by atoms with Crippen molar-refractivity contribution in [3.05, 3.63) is 52.1 Å². The standard InChI is InChI=1S/C29H35N7O3/c1-18(37)25-15-22-17-31-29(33-27(22)36(28(25)39)23-5-3-4-6-23)32-26-8-7-20(16-30-26)21-13-24(14-21)35-11-9-34(10-12-35)19(2)38/h7-8,15-17,21,23-24H,3-6,9-14H2,1-2H3,(H,30,31,32,33). The maximum atomic E-state index is 13.2. The molecule has 3 fully saturated rings. The first-order valence-electron chi connectivity index (χ1n) is 14.0. The molecule has 2 saturated carbocycles. The summed E-state index contributed by atoms with van der Waals surface area (Å²) in [5, 5.41) is 3.87. The van der Waals surface area contributed by atoms with Gasteiger partial charge in [0.25, 0.3) is 5.56 Å². The number of anilines is 2. The molecule has 0 spiro atoms. The van der Waals surface area contributed by atoms with Crippen LogP contribution in [0.1, 0.15) is 80.3 Å². The van der Waals surface area contributed by atoms with Gasteiger partial charge in [0, 0.05) is 63.0 Å². The van der Waals surface area contributed by atoms with E-state index >= 15 is 0 Å². The molecular weight excluding hydrogens is 494 g/mol. The van der Waals surface area contributed by atoms with E-state index in [9.17, 15) is 14.4 Å². The smallest absolute Gasteiger partial charge is 0.263 e. The van der Waals surface area contributed by atoms with Crippen molar-refractivity contribution in [2.24, 2.45) is 0 Å². The van der Waals surface area contributed by atoms with Crippen LogP contribution in [0.15, 0.2) is 35.4 Å². The van der Waals surface area contributed by atoms with Crippen molar-refractivity contribution in [1.82, 2.24) is 29.3 Å². The van der Waals surface area contributed by atoms with E-state index in [0.717, 1.165) is 64.7 Å². The van der Waals surface area contributed by atoms with Crippen molar-refractivity contribution < 1.29 is 9.59 Å². The summed E-state index contributed by atoms with van der Waals surface area (Å²) in [5.41, 5.74) is 1.70. The third-order valence-electron chi connectivity index (χ3n) is 8.73. The normalized spacial score (nSPS) is 22.2. The first-order chi connectivity index (χ1) is 18.9. The number of carbonyl (C=O) groups is 2. The lowest BCUT2D eigenvalue weighted by Crippen LogP contribution is -2.54. The van der Waals surface area contributed by atoms with Gasteiger partial charge in [0.05, 0.1) is 5.56 Å². The third kappa shape index (κ3) is 5.05. The summed E-state index contributed by atoms with van der Waals surface area (Å²) in [6.07, 6.45) is 9.76. The minimum atomic E-state index is -0.270. The fourth-order valence-electron chi connectivity index (χ4n) is 6.33. The van der Waals surface area contributed by atoms with E-state index in [4.69, 9.17) is 4.98 Å². The van der Waals surface area contributed by atoms with Crippen molar-refractivity contribution in [2.75, 3.05) is 31.5 Å². The van der Waals surface area contributed by atoms with Crippen LogP contribution < -0.4 is 10.9 Å². The van der Waals surface area contributed by atoms with Crippen molar-refractivity contribution in [2.45, 2.75) is 70.4 Å². The average molecular weight is 530 g/mol. The second-order valence-corrected chi connectivity index (χ2v) is 11.2. The Morgan fingerprint density at radius 3 is 2.33 bits per heavy atom. The zero-order valence-corrected chi connectivity index (χ0v) is 22.6. The molecule has 3 aromatic heterocycles. The number of amides is 1. The number of aromatic nitrogens is 4. The van der Waals surface area contributed by atoms with Gasteiger partial charge < -0.3 is 10.2 Å². The maximum absolute atomic E-state index is 13.2. The van der Waals surface area contributed by atoms with Crippen molar-refractivity contribution in [3.8, 4) is 0 Å². The SMILES string of the molecule is CC(=O)c1cc2cnc(Nc3ccc(C4CC(N5CCN(C(C)=O)CC5)C4)cn3)nc2n(C2CCCC2)c1=O. The number of pyridine rings is 2. The Bertz CT molecular complexity index is 1450. The van der Waals surface area contributed by atoms with Crippen LogP contribution in [-0.2, 0) is 4.79 Å². The van der Waals surface area contributed by atoms with Crippen molar-refractivity contribution in [3.63, 3.8) is 0 Å². The summed E-state index contributed by atoms with van der Waals surface area (Å²) in [4.78, 5) is 55.1. The van der Waals surface area contributed by atoms with Gasteiger partial charge in [0.2, 0.25) is 11.9 Å². The van der Waals surface area contributed by atoms with Crippen molar-refractivity contribution >= 4 is 34.5 Å². The summed E-state index contributed by atoms with van der Waals surface area (Å²) in [5.74, 6) is 1.44. The van der Waals surface area contributed by atoms with Gasteiger partial charge >= 0.3 is 0 Å². The number of ketones is 1. The summed E-state index contributed by atoms with van der Waals surface area (Å²) in [6, 6.07) is 6.29. The Labute approximate surface area is 227 Å². The highest BCUT2D eigenvalue weighted by Gasteiger charge is 2.36. The van der Waals surface area contributed by atoms with E-state index in [2.05, 4.69) is 26.3 Å². The lowest BCUT2D eigenvalue weighted by molar-refractivity contribution is -0.131. The number of fused-ring (bicyclic) bond motifs is 1. The predicted octanol–water partition coefficient (Wildman–Crippen LogP) is 3.66. The molecule has 39 heavy (non-hydrogen) atoms. The number of rotatable bonds is 6. The van der Waals surface area contributed by atoms with Crippen LogP contribution in [0.3, 0.4) is 0 Å². The molecule has 3 aromatic rings. The first kappa shape index (κ1) is 25.6. The third-order valence-corrected chi connectivity index (χ3v) is 8.73. The van der Waals surface area contributed by atoms with Crippen LogP contribution in [0, 0.1) is 0 Å². The molecule has 0 unspecified atom stereocenters. The fourth-order valence-corrected chi connectivity index (χ4v) is 6.33. The van der Waals surface area contributed by atoms with Crippen molar-refractivity contribution in [1.29, 1.82) is 0 Å². The van der Waals surface area contributed by atoms with E-state index in [-0.39, 0.29) is 28.9 Å². The zero-order valence-electron chi connectivity index (χ0n) is 22.6. The van der Waals surface area contributed by atoms with Gasteiger partial charge in [0.1, 0.15) is 11.5 Å². The predicted molar refractivity (Wildman–Crippen MR) is 148 cm³/mol. The van der Waals surface area contributed by atoms with Gasteiger partial charge in [-0.15, -0.1) is 0 Å². The second kappa shape index (κ2) is 10.5. The summed E-state index contributed by atoms with van der Waals surface area (Å²) in [6.45, 7) is 6.62. The molecule has 0 aromatic carbocycles. The molecule has 4 heterocycles. The average Bonchev–Trinajstić information content (AvgIpc) is 3.43. The molecule has 2 aliphatic carbocycles. The molecule has 3 aliphatic rings. The Hall–Kier alpha value is -3.66. The van der Waals surface area contributed by atoms with E-state index < -0.39 is 0 Å². The number of hydrogen-bond donors (Lipinski definition) is 1. The largest absolute Gasteiger partial charge is 0.340 e. The Morgan fingerprint density at radius 1 is 0.949 bits per heavy atom. The second-order valence-electron chi connectivity index (χ2n) is 11.2. The van der Waals surface area contributed by atoms with Crippen LogP contribution in [0.25, 0.3) is 11.0 Å². The number of hydrogen-bond acceptors (Lipinski definition) is 8. The molecule has 1 saturated heterocycles. The highest BCUT2D eigenvalue weighted by atomic mass is 16.2. The molecule has 0 atom stereocenters. The van der Waals surface area contributed by atoms with E-state index in [1.807, 2.05) is 17.2 Å². The van der Waals surface area contributed by atoms with E-state index in [0.29, 0.717) is 34.8 Å². The minimum Gasteiger partial charge on any atom is -0.340 e. The highest BCUT2D eigenvalue weighted by molar-refractivity contribution is 5.96. The van der Waals surface area contributed by atoms with Gasteiger partial charge in [-0.25, -0.2) is 9.97 Å². The molecule has 0 bridgehead atoms. The number of piperazine rings is 1. The molecule has 204 valence electrons. The lowest BCUT2D eigenvalue weighted by Gasteiger charge is -2.46. The maximum Gasteiger partial charge on any atom is 0.263 e.